The molecule has 134 valence electrons. The van der Waals surface area contributed by atoms with E-state index in [1.807, 2.05) is 42.5 Å². The second-order valence-electron chi connectivity index (χ2n) is 6.33. The zero-order valence-electron chi connectivity index (χ0n) is 15.2. The maximum Gasteiger partial charge on any atom is 0.156 e. The molecule has 4 nitrogen and oxygen atoms in total. The molecular weight excluding hydrogens is 334 g/mol. The molecule has 0 radical (unpaired) electrons. The van der Waals surface area contributed by atoms with E-state index >= 15 is 0 Å². The Morgan fingerprint density at radius 2 is 1.48 bits per heavy atom. The average Bonchev–Trinajstić information content (AvgIpc) is 2.75. The summed E-state index contributed by atoms with van der Waals surface area (Å²) >= 11 is 0. The summed E-state index contributed by atoms with van der Waals surface area (Å²) in [4.78, 5) is 0. The molecule has 4 heteroatoms. The first-order valence-corrected chi connectivity index (χ1v) is 9.03. The third kappa shape index (κ3) is 3.75. The molecule has 0 fully saturated rings. The molecule has 1 N–H and O–H groups in total. The number of methoxy groups -OCH3 is 1. The molecule has 0 saturated carbocycles. The van der Waals surface area contributed by atoms with Gasteiger partial charge in [0.1, 0.15) is 11.4 Å². The van der Waals surface area contributed by atoms with Gasteiger partial charge >= 0.3 is 0 Å². The minimum atomic E-state index is 0.787. The van der Waals surface area contributed by atoms with E-state index in [-0.39, 0.29) is 0 Å². The van der Waals surface area contributed by atoms with Crippen molar-refractivity contribution in [3.63, 3.8) is 0 Å². The lowest BCUT2D eigenvalue weighted by Crippen LogP contribution is -2.08. The van der Waals surface area contributed by atoms with E-state index in [0.717, 1.165) is 46.6 Å². The van der Waals surface area contributed by atoms with Crippen molar-refractivity contribution in [3.05, 3.63) is 84.4 Å². The minimum absolute atomic E-state index is 0.787. The summed E-state index contributed by atoms with van der Waals surface area (Å²) in [5.74, 6) is 1.69. The van der Waals surface area contributed by atoms with Crippen molar-refractivity contribution in [2.75, 3.05) is 19.0 Å². The molecule has 4 rings (SSSR count). The number of nitrogens with one attached hydrogen (secondary N) is 1. The van der Waals surface area contributed by atoms with E-state index in [4.69, 9.17) is 4.74 Å². The van der Waals surface area contributed by atoms with E-state index in [1.165, 1.54) is 5.56 Å². The van der Waals surface area contributed by atoms with Gasteiger partial charge in [-0.15, -0.1) is 10.2 Å². The van der Waals surface area contributed by atoms with E-state index < -0.39 is 0 Å². The number of fused-ring (bicyclic) bond motifs is 1. The maximum atomic E-state index is 5.20. The lowest BCUT2D eigenvalue weighted by atomic mass is 10.0. The van der Waals surface area contributed by atoms with Gasteiger partial charge in [-0.3, -0.25) is 0 Å². The Morgan fingerprint density at radius 3 is 2.22 bits per heavy atom. The molecule has 0 bridgehead atoms. The highest BCUT2D eigenvalue weighted by atomic mass is 16.5. The summed E-state index contributed by atoms with van der Waals surface area (Å²) in [6.07, 6.45) is 0.903. The lowest BCUT2D eigenvalue weighted by molar-refractivity contribution is 0.414. The second-order valence-corrected chi connectivity index (χ2v) is 6.33. The molecule has 4 aromatic rings. The quantitative estimate of drug-likeness (QED) is 0.531. The highest BCUT2D eigenvalue weighted by Gasteiger charge is 2.10. The first-order valence-electron chi connectivity index (χ1n) is 9.03. The summed E-state index contributed by atoms with van der Waals surface area (Å²) in [5.41, 5.74) is 3.24. The van der Waals surface area contributed by atoms with Crippen molar-refractivity contribution in [1.82, 2.24) is 10.2 Å². The first-order chi connectivity index (χ1) is 13.3. The van der Waals surface area contributed by atoms with Gasteiger partial charge in [-0.05, 0) is 24.1 Å². The predicted molar refractivity (Wildman–Crippen MR) is 110 cm³/mol. The largest absolute Gasteiger partial charge is 0.497 e. The van der Waals surface area contributed by atoms with E-state index in [1.54, 1.807) is 7.11 Å². The zero-order valence-corrected chi connectivity index (χ0v) is 15.2. The molecule has 0 amide bonds. The minimum Gasteiger partial charge on any atom is -0.497 e. The number of hydrogen-bond acceptors (Lipinski definition) is 4. The first kappa shape index (κ1) is 17.0. The van der Waals surface area contributed by atoms with Crippen LogP contribution in [0.5, 0.6) is 5.75 Å². The Hall–Kier alpha value is -3.40. The van der Waals surface area contributed by atoms with Crippen LogP contribution in [0.1, 0.15) is 5.56 Å². The number of aromatic nitrogens is 2. The van der Waals surface area contributed by atoms with Crippen LogP contribution in [-0.2, 0) is 6.42 Å². The second kappa shape index (κ2) is 7.87. The summed E-state index contributed by atoms with van der Waals surface area (Å²) in [6, 6.07) is 26.6. The Labute approximate surface area is 158 Å². The monoisotopic (exact) mass is 355 g/mol. The molecule has 0 aliphatic rings. The van der Waals surface area contributed by atoms with Gasteiger partial charge < -0.3 is 10.1 Å². The Bertz CT molecular complexity index is 1030. The Kier molecular flexibility index (Phi) is 4.97. The van der Waals surface area contributed by atoms with Gasteiger partial charge in [-0.1, -0.05) is 66.7 Å². The van der Waals surface area contributed by atoms with Crippen LogP contribution in [0, 0.1) is 0 Å². The third-order valence-electron chi connectivity index (χ3n) is 4.60. The van der Waals surface area contributed by atoms with Crippen molar-refractivity contribution >= 4 is 16.6 Å². The number of anilines is 1. The van der Waals surface area contributed by atoms with Gasteiger partial charge in [-0.25, -0.2) is 0 Å². The summed E-state index contributed by atoms with van der Waals surface area (Å²) < 4.78 is 5.20. The van der Waals surface area contributed by atoms with Crippen molar-refractivity contribution in [3.8, 4) is 17.0 Å². The molecule has 0 saturated heterocycles. The molecule has 0 spiro atoms. The SMILES string of the molecule is COc1ccc(CCNc2nnc(-c3ccccc3)c3ccccc23)cc1. The highest BCUT2D eigenvalue weighted by molar-refractivity contribution is 5.99. The number of benzene rings is 3. The van der Waals surface area contributed by atoms with Crippen LogP contribution in [0.25, 0.3) is 22.0 Å². The fraction of sp³-hybridized carbons (Fsp3) is 0.130. The van der Waals surface area contributed by atoms with Gasteiger partial charge in [0.25, 0.3) is 0 Å². The summed E-state index contributed by atoms with van der Waals surface area (Å²) in [6.45, 7) is 0.787. The van der Waals surface area contributed by atoms with Gasteiger partial charge in [0.15, 0.2) is 5.82 Å². The van der Waals surface area contributed by atoms with Crippen molar-refractivity contribution in [2.45, 2.75) is 6.42 Å². The fourth-order valence-corrected chi connectivity index (χ4v) is 3.16. The number of hydrogen-bond donors (Lipinski definition) is 1. The molecule has 27 heavy (non-hydrogen) atoms. The average molecular weight is 355 g/mol. The normalized spacial score (nSPS) is 10.7. The van der Waals surface area contributed by atoms with Crippen LogP contribution >= 0.6 is 0 Å². The van der Waals surface area contributed by atoms with Gasteiger partial charge in [0, 0.05) is 22.9 Å². The van der Waals surface area contributed by atoms with Gasteiger partial charge in [-0.2, -0.15) is 0 Å². The van der Waals surface area contributed by atoms with Crippen LogP contribution in [0.2, 0.25) is 0 Å². The van der Waals surface area contributed by atoms with Crippen LogP contribution in [-0.4, -0.2) is 23.9 Å². The van der Waals surface area contributed by atoms with Gasteiger partial charge in [0.2, 0.25) is 0 Å². The van der Waals surface area contributed by atoms with Crippen LogP contribution < -0.4 is 10.1 Å². The molecule has 1 aromatic heterocycles. The van der Waals surface area contributed by atoms with Crippen LogP contribution in [0.4, 0.5) is 5.82 Å². The Balaban J connectivity index is 1.55. The van der Waals surface area contributed by atoms with Crippen LogP contribution in [0.3, 0.4) is 0 Å². The third-order valence-corrected chi connectivity index (χ3v) is 4.60. The van der Waals surface area contributed by atoms with Crippen LogP contribution in [0.15, 0.2) is 78.9 Å². The standard InChI is InChI=1S/C23H21N3O/c1-27-19-13-11-17(12-14-19)15-16-24-23-21-10-6-5-9-20(21)22(25-26-23)18-7-3-2-4-8-18/h2-14H,15-16H2,1H3,(H,24,26). The molecule has 0 atom stereocenters. The number of nitrogens with zero attached hydrogens (tertiary/aromatic N) is 2. The van der Waals surface area contributed by atoms with Crippen molar-refractivity contribution < 1.29 is 4.74 Å². The predicted octanol–water partition coefficient (Wildman–Crippen LogP) is 4.96. The summed E-state index contributed by atoms with van der Waals surface area (Å²) in [5, 5.41) is 14.6. The molecule has 1 heterocycles. The van der Waals surface area contributed by atoms with Gasteiger partial charge in [0.05, 0.1) is 7.11 Å². The Morgan fingerprint density at radius 1 is 0.778 bits per heavy atom. The molecular formula is C23H21N3O. The lowest BCUT2D eigenvalue weighted by Gasteiger charge is -2.11. The molecule has 0 unspecified atom stereocenters. The number of rotatable bonds is 6. The zero-order chi connectivity index (χ0) is 18.5. The van der Waals surface area contributed by atoms with E-state index in [9.17, 15) is 0 Å². The molecule has 0 aliphatic heterocycles. The molecule has 0 aliphatic carbocycles. The maximum absolute atomic E-state index is 5.20. The smallest absolute Gasteiger partial charge is 0.156 e. The fourth-order valence-electron chi connectivity index (χ4n) is 3.16. The number of ether oxygens (including phenoxy) is 1. The van der Waals surface area contributed by atoms with E-state index in [2.05, 4.69) is 51.9 Å². The van der Waals surface area contributed by atoms with E-state index in [0.29, 0.717) is 0 Å². The summed E-state index contributed by atoms with van der Waals surface area (Å²) in [7, 11) is 1.68. The topological polar surface area (TPSA) is 47.0 Å². The van der Waals surface area contributed by atoms with Crippen molar-refractivity contribution in [2.24, 2.45) is 0 Å². The molecule has 3 aromatic carbocycles. The highest BCUT2D eigenvalue weighted by Crippen LogP contribution is 2.29. The van der Waals surface area contributed by atoms with Crippen molar-refractivity contribution in [1.29, 1.82) is 0 Å².